The van der Waals surface area contributed by atoms with Crippen molar-refractivity contribution in [1.29, 1.82) is 0 Å². The van der Waals surface area contributed by atoms with Crippen LogP contribution in [0.1, 0.15) is 5.56 Å². The molecule has 1 rings (SSSR count). The topological polar surface area (TPSA) is 41.4 Å². The number of hydrogen-bond acceptors (Lipinski definition) is 2. The Labute approximate surface area is 102 Å². The molecule has 0 aromatic carbocycles. The van der Waals surface area contributed by atoms with Gasteiger partial charge in [0.15, 0.2) is 5.96 Å². The van der Waals surface area contributed by atoms with Crippen LogP contribution in [-0.4, -0.2) is 36.1 Å². The summed E-state index contributed by atoms with van der Waals surface area (Å²) >= 11 is 1.82. The van der Waals surface area contributed by atoms with E-state index >= 15 is 0 Å². The minimum Gasteiger partial charge on any atom is -0.357 e. The van der Waals surface area contributed by atoms with Crippen molar-refractivity contribution in [2.75, 3.05) is 25.6 Å². The van der Waals surface area contributed by atoms with Crippen LogP contribution in [0.5, 0.6) is 0 Å². The van der Waals surface area contributed by atoms with Crippen molar-refractivity contribution in [3.63, 3.8) is 0 Å². The predicted molar refractivity (Wildman–Crippen MR) is 72.0 cm³/mol. The summed E-state index contributed by atoms with van der Waals surface area (Å²) in [5.74, 6) is 1.95. The van der Waals surface area contributed by atoms with E-state index in [-0.39, 0.29) is 0 Å². The zero-order chi connectivity index (χ0) is 11.8. The van der Waals surface area contributed by atoms with E-state index in [1.165, 1.54) is 5.56 Å². The number of rotatable bonds is 5. The number of nitrogens with zero attached hydrogens (tertiary/aromatic N) is 2. The summed E-state index contributed by atoms with van der Waals surface area (Å²) in [6, 6.07) is 2.10. The monoisotopic (exact) mass is 240 g/mol. The van der Waals surface area contributed by atoms with Crippen LogP contribution in [0.3, 0.4) is 0 Å². The Morgan fingerprint density at radius 1 is 1.50 bits per heavy atom. The lowest BCUT2D eigenvalue weighted by molar-refractivity contribution is 0.827. The third-order valence-corrected chi connectivity index (χ3v) is 2.79. The third kappa shape index (κ3) is 4.61. The van der Waals surface area contributed by atoms with E-state index in [2.05, 4.69) is 34.1 Å². The molecule has 0 aliphatic rings. The molecule has 4 nitrogen and oxygen atoms in total. The van der Waals surface area contributed by atoms with Gasteiger partial charge in [0.05, 0.1) is 0 Å². The van der Waals surface area contributed by atoms with E-state index < -0.39 is 0 Å². The second-order valence-electron chi connectivity index (χ2n) is 3.53. The van der Waals surface area contributed by atoms with Gasteiger partial charge in [0, 0.05) is 45.3 Å². The number of aryl methyl sites for hydroxylation is 1. The van der Waals surface area contributed by atoms with E-state index in [1.54, 1.807) is 7.05 Å². The summed E-state index contributed by atoms with van der Waals surface area (Å²) in [5, 5.41) is 6.53. The largest absolute Gasteiger partial charge is 0.357 e. The van der Waals surface area contributed by atoms with Crippen LogP contribution in [0, 0.1) is 0 Å². The van der Waals surface area contributed by atoms with Crippen LogP contribution in [0.4, 0.5) is 0 Å². The fraction of sp³-hybridized carbons (Fsp3) is 0.545. The van der Waals surface area contributed by atoms with Crippen molar-refractivity contribution in [1.82, 2.24) is 15.2 Å². The standard InChI is InChI=1S/C11H20N4S/c1-12-11(13-5-7-16-3)14-8-10-4-6-15(2)9-10/h4,6,9H,5,7-8H2,1-3H3,(H2,12,13,14). The van der Waals surface area contributed by atoms with Gasteiger partial charge in [0.25, 0.3) is 0 Å². The molecule has 0 saturated heterocycles. The van der Waals surface area contributed by atoms with Gasteiger partial charge < -0.3 is 15.2 Å². The molecule has 0 amide bonds. The Morgan fingerprint density at radius 2 is 2.31 bits per heavy atom. The lowest BCUT2D eigenvalue weighted by Gasteiger charge is -2.10. The SMILES string of the molecule is CN=C(NCCSC)NCc1ccn(C)c1. The van der Waals surface area contributed by atoms with Crippen LogP contribution in [0.2, 0.25) is 0 Å². The first-order valence-electron chi connectivity index (χ1n) is 5.30. The number of aromatic nitrogens is 1. The van der Waals surface area contributed by atoms with Crippen molar-refractivity contribution in [2.24, 2.45) is 12.0 Å². The van der Waals surface area contributed by atoms with Gasteiger partial charge in [-0.25, -0.2) is 0 Å². The number of aliphatic imine (C=N–C) groups is 1. The number of thioether (sulfide) groups is 1. The Hall–Kier alpha value is -1.10. The van der Waals surface area contributed by atoms with Gasteiger partial charge in [0.2, 0.25) is 0 Å². The van der Waals surface area contributed by atoms with E-state index in [9.17, 15) is 0 Å². The van der Waals surface area contributed by atoms with Crippen LogP contribution < -0.4 is 10.6 Å². The molecule has 5 heteroatoms. The highest BCUT2D eigenvalue weighted by atomic mass is 32.2. The molecule has 90 valence electrons. The summed E-state index contributed by atoms with van der Waals surface area (Å²) in [6.07, 6.45) is 6.24. The van der Waals surface area contributed by atoms with Gasteiger partial charge in [-0.05, 0) is 17.9 Å². The summed E-state index contributed by atoms with van der Waals surface area (Å²) in [4.78, 5) is 4.16. The molecule has 1 aromatic rings. The van der Waals surface area contributed by atoms with Crippen LogP contribution in [-0.2, 0) is 13.6 Å². The average molecular weight is 240 g/mol. The zero-order valence-electron chi connectivity index (χ0n) is 10.2. The first kappa shape index (κ1) is 13.0. The quantitative estimate of drug-likeness (QED) is 0.459. The van der Waals surface area contributed by atoms with Gasteiger partial charge >= 0.3 is 0 Å². The normalized spacial score (nSPS) is 11.6. The van der Waals surface area contributed by atoms with E-state index in [4.69, 9.17) is 0 Å². The third-order valence-electron chi connectivity index (χ3n) is 2.18. The van der Waals surface area contributed by atoms with Crippen molar-refractivity contribution < 1.29 is 0 Å². The van der Waals surface area contributed by atoms with E-state index in [0.29, 0.717) is 0 Å². The van der Waals surface area contributed by atoms with Crippen LogP contribution in [0.25, 0.3) is 0 Å². The molecule has 0 saturated carbocycles. The van der Waals surface area contributed by atoms with Gasteiger partial charge in [0.1, 0.15) is 0 Å². The first-order valence-corrected chi connectivity index (χ1v) is 6.70. The molecule has 2 N–H and O–H groups in total. The number of nitrogens with one attached hydrogen (secondary N) is 2. The minimum atomic E-state index is 0.805. The molecule has 0 bridgehead atoms. The van der Waals surface area contributed by atoms with Gasteiger partial charge in [-0.2, -0.15) is 11.8 Å². The second kappa shape index (κ2) is 7.22. The van der Waals surface area contributed by atoms with Gasteiger partial charge in [-0.15, -0.1) is 0 Å². The maximum atomic E-state index is 4.16. The Bertz CT molecular complexity index is 332. The van der Waals surface area contributed by atoms with E-state index in [0.717, 1.165) is 24.8 Å². The second-order valence-corrected chi connectivity index (χ2v) is 4.52. The zero-order valence-corrected chi connectivity index (χ0v) is 11.0. The van der Waals surface area contributed by atoms with Crippen molar-refractivity contribution in [2.45, 2.75) is 6.54 Å². The molecule has 0 aliphatic carbocycles. The molecule has 0 atom stereocenters. The molecule has 1 heterocycles. The number of hydrogen-bond donors (Lipinski definition) is 2. The minimum absolute atomic E-state index is 0.805. The Morgan fingerprint density at radius 3 is 2.88 bits per heavy atom. The molecular formula is C11H20N4S. The number of guanidine groups is 1. The van der Waals surface area contributed by atoms with Crippen molar-refractivity contribution in [3.8, 4) is 0 Å². The lowest BCUT2D eigenvalue weighted by Crippen LogP contribution is -2.37. The molecule has 1 aromatic heterocycles. The van der Waals surface area contributed by atoms with Crippen LogP contribution >= 0.6 is 11.8 Å². The van der Waals surface area contributed by atoms with Crippen LogP contribution in [0.15, 0.2) is 23.5 Å². The molecular weight excluding hydrogens is 220 g/mol. The summed E-state index contributed by atoms with van der Waals surface area (Å²) in [5.41, 5.74) is 1.26. The first-order chi connectivity index (χ1) is 7.76. The Kier molecular flexibility index (Phi) is 5.85. The average Bonchev–Trinajstić information content (AvgIpc) is 2.69. The Balaban J connectivity index is 2.29. The highest BCUT2D eigenvalue weighted by Crippen LogP contribution is 1.98. The summed E-state index contributed by atoms with van der Waals surface area (Å²) in [7, 11) is 3.81. The highest BCUT2D eigenvalue weighted by Gasteiger charge is 1.98. The molecule has 0 radical (unpaired) electrons. The summed E-state index contributed by atoms with van der Waals surface area (Å²) < 4.78 is 2.04. The van der Waals surface area contributed by atoms with E-state index in [1.807, 2.05) is 29.6 Å². The smallest absolute Gasteiger partial charge is 0.191 e. The maximum Gasteiger partial charge on any atom is 0.191 e. The van der Waals surface area contributed by atoms with Crippen molar-refractivity contribution in [3.05, 3.63) is 24.0 Å². The summed E-state index contributed by atoms with van der Waals surface area (Å²) in [6.45, 7) is 1.75. The lowest BCUT2D eigenvalue weighted by atomic mass is 10.3. The van der Waals surface area contributed by atoms with Gasteiger partial charge in [-0.1, -0.05) is 0 Å². The maximum absolute atomic E-state index is 4.16. The highest BCUT2D eigenvalue weighted by molar-refractivity contribution is 7.98. The fourth-order valence-corrected chi connectivity index (χ4v) is 1.65. The molecule has 0 fully saturated rings. The van der Waals surface area contributed by atoms with Crippen molar-refractivity contribution >= 4 is 17.7 Å². The molecule has 0 unspecified atom stereocenters. The fourth-order valence-electron chi connectivity index (χ4n) is 1.34. The van der Waals surface area contributed by atoms with Gasteiger partial charge in [-0.3, -0.25) is 4.99 Å². The molecule has 0 spiro atoms. The molecule has 16 heavy (non-hydrogen) atoms. The molecule has 0 aliphatic heterocycles. The predicted octanol–water partition coefficient (Wildman–Crippen LogP) is 1.05.